The van der Waals surface area contributed by atoms with Gasteiger partial charge in [0.25, 0.3) is 0 Å². The maximum absolute atomic E-state index is 9.46. The van der Waals surface area contributed by atoms with Gasteiger partial charge in [-0.2, -0.15) is 0 Å². The third kappa shape index (κ3) is 4.32. The van der Waals surface area contributed by atoms with Crippen molar-refractivity contribution in [2.75, 3.05) is 13.2 Å². The van der Waals surface area contributed by atoms with Crippen LogP contribution in [0, 0.1) is 0 Å². The number of hydrogen-bond donors (Lipinski definition) is 6. The summed E-state index contributed by atoms with van der Waals surface area (Å²) in [7, 11) is 0.885. The molecule has 0 saturated carbocycles. The van der Waals surface area contributed by atoms with Gasteiger partial charge in [0.15, 0.2) is 0 Å². The van der Waals surface area contributed by atoms with Gasteiger partial charge in [-0.25, -0.2) is 0 Å². The number of aliphatic hydroxyl groups excluding tert-OH is 4. The molecule has 0 amide bonds. The lowest BCUT2D eigenvalue weighted by Crippen LogP contribution is -2.46. The summed E-state index contributed by atoms with van der Waals surface area (Å²) >= 11 is 0.421. The summed E-state index contributed by atoms with van der Waals surface area (Å²) in [6.07, 6.45) is -4.19. The lowest BCUT2D eigenvalue weighted by molar-refractivity contribution is -0.0753. The van der Waals surface area contributed by atoms with Crippen molar-refractivity contribution >= 4 is 21.9 Å². The topological polar surface area (TPSA) is 127 Å². The lowest BCUT2D eigenvalue weighted by Gasteiger charge is -2.26. The van der Waals surface area contributed by atoms with Gasteiger partial charge in [0.2, 0.25) is 0 Å². The first kappa shape index (κ1) is 14.5. The summed E-state index contributed by atoms with van der Waals surface area (Å²) in [5, 5.41) is 35.7. The third-order valence-corrected chi connectivity index (χ3v) is 3.52. The number of aliphatic hydroxyl groups is 4. The van der Waals surface area contributed by atoms with E-state index in [1.807, 2.05) is 0 Å². The highest BCUT2D eigenvalue weighted by Crippen LogP contribution is 2.26. The molecule has 0 fully saturated rings. The quantitative estimate of drug-likeness (QED) is 0.230. The van der Waals surface area contributed by atoms with Crippen molar-refractivity contribution in [2.45, 2.75) is 23.6 Å². The van der Waals surface area contributed by atoms with Gasteiger partial charge in [0.1, 0.15) is 12.2 Å². The van der Waals surface area contributed by atoms with Crippen molar-refractivity contribution in [1.82, 2.24) is 0 Å². The minimum Gasteiger partial charge on any atom is -0.394 e. The zero-order valence-electron chi connectivity index (χ0n) is 7.35. The number of hydrogen-bond acceptors (Lipinski definition) is 8. The average Bonchev–Trinajstić information content (AvgIpc) is 2.22. The van der Waals surface area contributed by atoms with E-state index in [0.29, 0.717) is 11.1 Å². The first-order valence-electron chi connectivity index (χ1n) is 3.90. The van der Waals surface area contributed by atoms with E-state index in [-0.39, 0.29) is 6.54 Å². The van der Waals surface area contributed by atoms with E-state index in [1.165, 1.54) is 0 Å². The molecule has 14 heavy (non-hydrogen) atoms. The van der Waals surface area contributed by atoms with E-state index in [0.717, 1.165) is 10.8 Å². The predicted molar refractivity (Wildman–Crippen MR) is 55.8 cm³/mol. The summed E-state index contributed by atoms with van der Waals surface area (Å²) in [6.45, 7) is -0.610. The fourth-order valence-corrected chi connectivity index (χ4v) is 2.22. The number of rotatable bonds is 7. The maximum Gasteiger partial charge on any atom is 0.109 e. The molecule has 0 saturated heterocycles. The Bertz CT molecular complexity index is 150. The molecule has 0 aliphatic heterocycles. The van der Waals surface area contributed by atoms with E-state index >= 15 is 0 Å². The van der Waals surface area contributed by atoms with Gasteiger partial charge in [0, 0.05) is 6.54 Å². The second-order valence-corrected chi connectivity index (χ2v) is 4.65. The molecule has 0 radical (unpaired) electrons. The molecule has 0 heterocycles. The standard InChI is InChI=1S/C6H15NO5S2/c7-1-4(13-14-12)6(11)5(10)3(9)2-8/h3-6,8-12H,1-2,7H2. The van der Waals surface area contributed by atoms with E-state index in [4.69, 9.17) is 20.5 Å². The zero-order chi connectivity index (χ0) is 11.1. The predicted octanol–water partition coefficient (Wildman–Crippen LogP) is -1.76. The van der Waals surface area contributed by atoms with Crippen molar-refractivity contribution in [3.05, 3.63) is 0 Å². The molecule has 0 aromatic carbocycles. The van der Waals surface area contributed by atoms with Crippen LogP contribution in [0.25, 0.3) is 0 Å². The smallest absolute Gasteiger partial charge is 0.109 e. The van der Waals surface area contributed by atoms with E-state index in [2.05, 4.69) is 0 Å². The van der Waals surface area contributed by atoms with Crippen molar-refractivity contribution in [2.24, 2.45) is 5.73 Å². The van der Waals surface area contributed by atoms with Crippen LogP contribution in [-0.2, 0) is 0 Å². The highest BCUT2D eigenvalue weighted by Gasteiger charge is 2.30. The van der Waals surface area contributed by atoms with Crippen molar-refractivity contribution < 1.29 is 25.0 Å². The van der Waals surface area contributed by atoms with Crippen LogP contribution in [0.1, 0.15) is 0 Å². The maximum atomic E-state index is 9.46. The fraction of sp³-hybridized carbons (Fsp3) is 1.00. The Morgan fingerprint density at radius 3 is 2.07 bits per heavy atom. The minimum absolute atomic E-state index is 0.0363. The molecule has 0 aromatic heterocycles. The first-order valence-corrected chi connectivity index (χ1v) is 6.07. The molecule has 86 valence electrons. The van der Waals surface area contributed by atoms with Crippen LogP contribution >= 0.6 is 21.9 Å². The van der Waals surface area contributed by atoms with Gasteiger partial charge in [0.05, 0.1) is 29.0 Å². The Morgan fingerprint density at radius 2 is 1.71 bits per heavy atom. The average molecular weight is 245 g/mol. The Balaban J connectivity index is 4.17. The molecule has 4 unspecified atom stereocenters. The fourth-order valence-electron chi connectivity index (χ4n) is 0.846. The Morgan fingerprint density at radius 1 is 1.14 bits per heavy atom. The van der Waals surface area contributed by atoms with Gasteiger partial charge in [-0.1, -0.05) is 10.8 Å². The highest BCUT2D eigenvalue weighted by atomic mass is 33.1. The largest absolute Gasteiger partial charge is 0.394 e. The third-order valence-electron chi connectivity index (χ3n) is 1.71. The van der Waals surface area contributed by atoms with E-state index in [1.54, 1.807) is 0 Å². The van der Waals surface area contributed by atoms with E-state index < -0.39 is 30.2 Å². The summed E-state index contributed by atoms with van der Waals surface area (Å²) in [6, 6.07) is 0. The molecular weight excluding hydrogens is 230 g/mol. The molecule has 8 heteroatoms. The van der Waals surface area contributed by atoms with Crippen LogP contribution in [-0.4, -0.2) is 61.7 Å². The molecule has 0 aliphatic rings. The zero-order valence-corrected chi connectivity index (χ0v) is 8.99. The Kier molecular flexibility index (Phi) is 7.97. The summed E-state index contributed by atoms with van der Waals surface area (Å²) in [5.74, 6) is 0. The normalized spacial score (nSPS) is 20.1. The molecular formula is C6H15NO5S2. The highest BCUT2D eigenvalue weighted by molar-refractivity contribution is 8.74. The lowest BCUT2D eigenvalue weighted by atomic mass is 10.1. The molecule has 7 N–H and O–H groups in total. The monoisotopic (exact) mass is 245 g/mol. The van der Waals surface area contributed by atoms with Gasteiger partial charge in [-0.05, 0) is 0 Å². The van der Waals surface area contributed by atoms with Crippen LogP contribution in [0.2, 0.25) is 0 Å². The van der Waals surface area contributed by atoms with Gasteiger partial charge in [-0.15, -0.1) is 0 Å². The van der Waals surface area contributed by atoms with Crippen molar-refractivity contribution in [1.29, 1.82) is 0 Å². The van der Waals surface area contributed by atoms with Crippen molar-refractivity contribution in [3.63, 3.8) is 0 Å². The molecule has 0 aromatic rings. The van der Waals surface area contributed by atoms with E-state index in [9.17, 15) is 10.2 Å². The van der Waals surface area contributed by atoms with Crippen LogP contribution < -0.4 is 5.73 Å². The van der Waals surface area contributed by atoms with Gasteiger partial charge in [-0.3, -0.25) is 0 Å². The molecule has 6 nitrogen and oxygen atoms in total. The van der Waals surface area contributed by atoms with Crippen LogP contribution in [0.3, 0.4) is 0 Å². The molecule has 0 aliphatic carbocycles. The van der Waals surface area contributed by atoms with Gasteiger partial charge >= 0.3 is 0 Å². The summed E-state index contributed by atoms with van der Waals surface area (Å²) < 4.78 is 8.51. The van der Waals surface area contributed by atoms with Crippen LogP contribution in [0.4, 0.5) is 0 Å². The molecule has 0 bridgehead atoms. The summed E-state index contributed by atoms with van der Waals surface area (Å²) in [4.78, 5) is 0. The van der Waals surface area contributed by atoms with Crippen LogP contribution in [0.15, 0.2) is 0 Å². The SMILES string of the molecule is NCC(SSO)C(O)C(O)C(O)CO. The number of nitrogens with two attached hydrogens (primary N) is 1. The Hall–Kier alpha value is 0.460. The first-order chi connectivity index (χ1) is 6.58. The molecule has 0 spiro atoms. The second-order valence-electron chi connectivity index (χ2n) is 2.68. The van der Waals surface area contributed by atoms with Crippen LogP contribution in [0.5, 0.6) is 0 Å². The molecule has 4 atom stereocenters. The van der Waals surface area contributed by atoms with Gasteiger partial charge < -0.3 is 30.7 Å². The summed E-state index contributed by atoms with van der Waals surface area (Å²) in [5.41, 5.74) is 5.28. The minimum atomic E-state index is -1.48. The van der Waals surface area contributed by atoms with Crippen molar-refractivity contribution in [3.8, 4) is 0 Å². The Labute approximate surface area is 89.7 Å². The molecule has 0 rings (SSSR count). The second kappa shape index (κ2) is 7.71.